The quantitative estimate of drug-likeness (QED) is 0.831. The second-order valence-electron chi connectivity index (χ2n) is 4.74. The second kappa shape index (κ2) is 4.42. The largest absolute Gasteiger partial charge is 0.508 e. The van der Waals surface area contributed by atoms with Crippen molar-refractivity contribution < 1.29 is 5.11 Å². The summed E-state index contributed by atoms with van der Waals surface area (Å²) in [7, 11) is 0. The van der Waals surface area contributed by atoms with E-state index >= 15 is 0 Å². The van der Waals surface area contributed by atoms with Gasteiger partial charge in [-0.2, -0.15) is 0 Å². The Morgan fingerprint density at radius 3 is 2.78 bits per heavy atom. The minimum atomic E-state index is 0.261. The van der Waals surface area contributed by atoms with Crippen molar-refractivity contribution in [1.29, 1.82) is 0 Å². The molecular weight excluding hydrogens is 228 g/mol. The van der Waals surface area contributed by atoms with E-state index in [2.05, 4.69) is 14.8 Å². The number of nitrogens with two attached hydrogens (primary N) is 1. The van der Waals surface area contributed by atoms with E-state index in [0.717, 1.165) is 36.6 Å². The van der Waals surface area contributed by atoms with Crippen molar-refractivity contribution in [2.45, 2.75) is 19.4 Å². The van der Waals surface area contributed by atoms with Crippen molar-refractivity contribution >= 4 is 0 Å². The summed E-state index contributed by atoms with van der Waals surface area (Å²) in [6, 6.07) is 7.05. The molecular formula is C13H16N4O. The van der Waals surface area contributed by atoms with Crippen LogP contribution < -0.4 is 5.73 Å². The Morgan fingerprint density at radius 1 is 1.28 bits per heavy atom. The lowest BCUT2D eigenvalue weighted by Crippen LogP contribution is -2.26. The number of rotatable bonds is 2. The van der Waals surface area contributed by atoms with Crippen LogP contribution in [0.5, 0.6) is 5.75 Å². The third-order valence-corrected chi connectivity index (χ3v) is 3.50. The van der Waals surface area contributed by atoms with Crippen molar-refractivity contribution in [3.8, 4) is 17.1 Å². The highest BCUT2D eigenvalue weighted by molar-refractivity contribution is 5.56. The highest BCUT2D eigenvalue weighted by Crippen LogP contribution is 2.26. The minimum Gasteiger partial charge on any atom is -0.508 e. The van der Waals surface area contributed by atoms with E-state index < -0.39 is 0 Å². The molecule has 94 valence electrons. The number of phenolic OH excluding ortho intramolecular Hbond substituents is 1. The molecule has 0 bridgehead atoms. The Labute approximate surface area is 105 Å². The summed E-state index contributed by atoms with van der Waals surface area (Å²) >= 11 is 0. The van der Waals surface area contributed by atoms with Crippen LogP contribution in [-0.2, 0) is 13.0 Å². The number of fused-ring (bicyclic) bond motifs is 1. The number of hydrogen-bond donors (Lipinski definition) is 2. The van der Waals surface area contributed by atoms with Crippen LogP contribution in [0.15, 0.2) is 24.3 Å². The molecule has 1 aliphatic heterocycles. The van der Waals surface area contributed by atoms with Crippen LogP contribution in [0.4, 0.5) is 0 Å². The molecule has 0 aliphatic carbocycles. The molecule has 0 amide bonds. The molecule has 18 heavy (non-hydrogen) atoms. The Hall–Kier alpha value is -1.88. The summed E-state index contributed by atoms with van der Waals surface area (Å²) in [4.78, 5) is 0. The average Bonchev–Trinajstić information content (AvgIpc) is 2.82. The van der Waals surface area contributed by atoms with Crippen molar-refractivity contribution in [3.05, 3.63) is 30.1 Å². The highest BCUT2D eigenvalue weighted by Gasteiger charge is 2.22. The van der Waals surface area contributed by atoms with Gasteiger partial charge in [0.25, 0.3) is 0 Å². The fourth-order valence-electron chi connectivity index (χ4n) is 2.41. The van der Waals surface area contributed by atoms with Crippen LogP contribution in [0.1, 0.15) is 12.2 Å². The first kappa shape index (κ1) is 11.2. The van der Waals surface area contributed by atoms with Crippen molar-refractivity contribution in [2.24, 2.45) is 11.7 Å². The molecule has 0 fully saturated rings. The summed E-state index contributed by atoms with van der Waals surface area (Å²) in [6.45, 7) is 1.59. The number of aryl methyl sites for hydroxylation is 1. The maximum atomic E-state index is 9.31. The van der Waals surface area contributed by atoms with Crippen molar-refractivity contribution in [1.82, 2.24) is 14.8 Å². The molecule has 3 rings (SSSR count). The van der Waals surface area contributed by atoms with Gasteiger partial charge in [-0.15, -0.1) is 10.2 Å². The van der Waals surface area contributed by atoms with Crippen LogP contribution >= 0.6 is 0 Å². The van der Waals surface area contributed by atoms with Crippen LogP contribution in [0, 0.1) is 5.92 Å². The molecule has 0 radical (unpaired) electrons. The fourth-order valence-corrected chi connectivity index (χ4v) is 2.41. The van der Waals surface area contributed by atoms with Gasteiger partial charge in [0.1, 0.15) is 11.6 Å². The molecule has 1 unspecified atom stereocenters. The molecule has 5 nitrogen and oxygen atoms in total. The highest BCUT2D eigenvalue weighted by atomic mass is 16.3. The molecule has 0 saturated carbocycles. The topological polar surface area (TPSA) is 77.0 Å². The number of phenols is 1. The number of benzene rings is 1. The first-order valence-corrected chi connectivity index (χ1v) is 6.19. The molecule has 0 saturated heterocycles. The Bertz CT molecular complexity index is 547. The molecule has 0 spiro atoms. The predicted molar refractivity (Wildman–Crippen MR) is 68.0 cm³/mol. The van der Waals surface area contributed by atoms with Gasteiger partial charge in [-0.25, -0.2) is 0 Å². The van der Waals surface area contributed by atoms with Gasteiger partial charge in [0.05, 0.1) is 0 Å². The first-order chi connectivity index (χ1) is 8.78. The summed E-state index contributed by atoms with van der Waals surface area (Å²) in [5, 5.41) is 17.8. The van der Waals surface area contributed by atoms with Crippen LogP contribution in [0.3, 0.4) is 0 Å². The Balaban J connectivity index is 1.99. The molecule has 1 atom stereocenters. The summed E-state index contributed by atoms with van der Waals surface area (Å²) in [5.41, 5.74) is 6.73. The van der Waals surface area contributed by atoms with E-state index in [0.29, 0.717) is 12.5 Å². The summed E-state index contributed by atoms with van der Waals surface area (Å²) in [5.74, 6) is 2.66. The van der Waals surface area contributed by atoms with Crippen LogP contribution in [-0.4, -0.2) is 26.4 Å². The van der Waals surface area contributed by atoms with Gasteiger partial charge in [-0.3, -0.25) is 0 Å². The standard InChI is InChI=1S/C13H16N4O/c14-7-9-1-6-12-15-16-13(17(12)8-9)10-2-4-11(18)5-3-10/h2-5,9,18H,1,6-8,14H2. The van der Waals surface area contributed by atoms with Crippen molar-refractivity contribution in [2.75, 3.05) is 6.54 Å². The lowest BCUT2D eigenvalue weighted by atomic mass is 9.99. The summed E-state index contributed by atoms with van der Waals surface area (Å²) < 4.78 is 2.15. The number of nitrogens with zero attached hydrogens (tertiary/aromatic N) is 3. The smallest absolute Gasteiger partial charge is 0.163 e. The Kier molecular flexibility index (Phi) is 2.76. The molecule has 2 aromatic rings. The first-order valence-electron chi connectivity index (χ1n) is 6.19. The minimum absolute atomic E-state index is 0.261. The molecule has 1 aromatic carbocycles. The van der Waals surface area contributed by atoms with E-state index in [4.69, 9.17) is 5.73 Å². The van der Waals surface area contributed by atoms with Gasteiger partial charge in [0, 0.05) is 18.5 Å². The maximum absolute atomic E-state index is 9.31. The third kappa shape index (κ3) is 1.86. The normalized spacial score (nSPS) is 18.6. The zero-order valence-corrected chi connectivity index (χ0v) is 10.1. The van der Waals surface area contributed by atoms with Gasteiger partial charge in [-0.1, -0.05) is 0 Å². The molecule has 1 aliphatic rings. The van der Waals surface area contributed by atoms with Gasteiger partial charge >= 0.3 is 0 Å². The zero-order chi connectivity index (χ0) is 12.5. The monoisotopic (exact) mass is 244 g/mol. The average molecular weight is 244 g/mol. The van der Waals surface area contributed by atoms with E-state index in [1.807, 2.05) is 12.1 Å². The van der Waals surface area contributed by atoms with E-state index in [1.54, 1.807) is 12.1 Å². The molecule has 2 heterocycles. The Morgan fingerprint density at radius 2 is 2.06 bits per heavy atom. The van der Waals surface area contributed by atoms with E-state index in [-0.39, 0.29) is 5.75 Å². The molecule has 3 N–H and O–H groups in total. The van der Waals surface area contributed by atoms with Crippen LogP contribution in [0.25, 0.3) is 11.4 Å². The van der Waals surface area contributed by atoms with E-state index in [9.17, 15) is 5.11 Å². The lowest BCUT2D eigenvalue weighted by molar-refractivity contribution is 0.375. The van der Waals surface area contributed by atoms with Crippen LogP contribution in [0.2, 0.25) is 0 Å². The predicted octanol–water partition coefficient (Wildman–Crippen LogP) is 1.17. The maximum Gasteiger partial charge on any atom is 0.163 e. The lowest BCUT2D eigenvalue weighted by Gasteiger charge is -2.22. The van der Waals surface area contributed by atoms with E-state index in [1.165, 1.54) is 0 Å². The number of hydrogen-bond acceptors (Lipinski definition) is 4. The summed E-state index contributed by atoms with van der Waals surface area (Å²) in [6.07, 6.45) is 2.02. The second-order valence-corrected chi connectivity index (χ2v) is 4.74. The third-order valence-electron chi connectivity index (χ3n) is 3.50. The molecule has 1 aromatic heterocycles. The van der Waals surface area contributed by atoms with Gasteiger partial charge < -0.3 is 15.4 Å². The molecule has 5 heteroatoms. The fraction of sp³-hybridized carbons (Fsp3) is 0.385. The van der Waals surface area contributed by atoms with Crippen molar-refractivity contribution in [3.63, 3.8) is 0 Å². The zero-order valence-electron chi connectivity index (χ0n) is 10.1. The SMILES string of the molecule is NCC1CCc2nnc(-c3ccc(O)cc3)n2C1. The van der Waals surface area contributed by atoms with Gasteiger partial charge in [0.15, 0.2) is 5.82 Å². The number of aromatic nitrogens is 3. The van der Waals surface area contributed by atoms with Gasteiger partial charge in [0.2, 0.25) is 0 Å². The van der Waals surface area contributed by atoms with Gasteiger partial charge in [-0.05, 0) is 43.1 Å². The number of aromatic hydroxyl groups is 1.